The van der Waals surface area contributed by atoms with Gasteiger partial charge in [0.05, 0.1) is 4.90 Å². The predicted molar refractivity (Wildman–Crippen MR) is 81.8 cm³/mol. The van der Waals surface area contributed by atoms with Crippen LogP contribution >= 0.6 is 11.6 Å². The maximum atomic E-state index is 12.7. The van der Waals surface area contributed by atoms with Crippen LogP contribution in [0, 0.1) is 5.82 Å². The van der Waals surface area contributed by atoms with Gasteiger partial charge in [0.2, 0.25) is 0 Å². The van der Waals surface area contributed by atoms with Gasteiger partial charge in [-0.25, -0.2) is 12.8 Å². The van der Waals surface area contributed by atoms with Gasteiger partial charge in [0.25, 0.3) is 15.9 Å². The van der Waals surface area contributed by atoms with Gasteiger partial charge in [-0.05, 0) is 42.5 Å². The van der Waals surface area contributed by atoms with Crippen molar-refractivity contribution < 1.29 is 22.3 Å². The SMILES string of the molecule is O=C(COc1ccc(F)cc1)NNS(=O)(=O)c1cccc(Cl)c1. The standard InChI is InChI=1S/C14H12ClFN2O4S/c15-10-2-1-3-13(8-10)23(20,21)18-17-14(19)9-22-12-6-4-11(16)5-7-12/h1-8,18H,9H2,(H,17,19). The number of sulfonamides is 1. The Kier molecular flexibility index (Phi) is 5.54. The number of benzene rings is 2. The molecule has 2 rings (SSSR count). The van der Waals surface area contributed by atoms with Crippen molar-refractivity contribution in [1.29, 1.82) is 0 Å². The third kappa shape index (κ3) is 5.20. The third-order valence-electron chi connectivity index (χ3n) is 2.61. The molecule has 1 amide bonds. The minimum Gasteiger partial charge on any atom is -0.484 e. The maximum absolute atomic E-state index is 12.7. The summed E-state index contributed by atoms with van der Waals surface area (Å²) in [4.78, 5) is 13.4. The highest BCUT2D eigenvalue weighted by Gasteiger charge is 2.15. The molecule has 0 aromatic heterocycles. The molecule has 9 heteroatoms. The molecule has 0 aliphatic heterocycles. The number of carbonyl (C=O) groups excluding carboxylic acids is 1. The highest BCUT2D eigenvalue weighted by atomic mass is 35.5. The van der Waals surface area contributed by atoms with Crippen LogP contribution in [0.2, 0.25) is 5.02 Å². The zero-order chi connectivity index (χ0) is 16.9. The second kappa shape index (κ2) is 7.40. The number of carbonyl (C=O) groups is 1. The summed E-state index contributed by atoms with van der Waals surface area (Å²) in [5, 5.41) is 0.249. The molecule has 0 saturated heterocycles. The van der Waals surface area contributed by atoms with Crippen molar-refractivity contribution in [2.75, 3.05) is 6.61 Å². The number of ether oxygens (including phenoxy) is 1. The van der Waals surface area contributed by atoms with E-state index < -0.39 is 28.4 Å². The molecule has 0 unspecified atom stereocenters. The number of rotatable bonds is 6. The van der Waals surface area contributed by atoms with Crippen molar-refractivity contribution in [1.82, 2.24) is 10.3 Å². The van der Waals surface area contributed by atoms with Gasteiger partial charge in [0, 0.05) is 5.02 Å². The molecule has 23 heavy (non-hydrogen) atoms. The van der Waals surface area contributed by atoms with Crippen LogP contribution in [0.1, 0.15) is 0 Å². The normalized spacial score (nSPS) is 11.0. The predicted octanol–water partition coefficient (Wildman–Crippen LogP) is 1.87. The summed E-state index contributed by atoms with van der Waals surface area (Å²) in [6.07, 6.45) is 0. The minimum atomic E-state index is -3.94. The maximum Gasteiger partial charge on any atom is 0.272 e. The Hall–Kier alpha value is -2.16. The Balaban J connectivity index is 1.87. The van der Waals surface area contributed by atoms with Crippen molar-refractivity contribution in [2.24, 2.45) is 0 Å². The fourth-order valence-corrected chi connectivity index (χ4v) is 2.69. The molecule has 2 aromatic rings. The van der Waals surface area contributed by atoms with Gasteiger partial charge < -0.3 is 4.74 Å². The molecule has 0 aliphatic carbocycles. The van der Waals surface area contributed by atoms with E-state index in [9.17, 15) is 17.6 Å². The van der Waals surface area contributed by atoms with Crippen LogP contribution in [0.25, 0.3) is 0 Å². The summed E-state index contributed by atoms with van der Waals surface area (Å²) < 4.78 is 41.7. The Labute approximate surface area is 137 Å². The van der Waals surface area contributed by atoms with Crippen LogP contribution in [0.15, 0.2) is 53.4 Å². The van der Waals surface area contributed by atoms with Crippen LogP contribution in [-0.4, -0.2) is 20.9 Å². The highest BCUT2D eigenvalue weighted by molar-refractivity contribution is 7.89. The van der Waals surface area contributed by atoms with Crippen LogP contribution < -0.4 is 15.0 Å². The molecule has 6 nitrogen and oxygen atoms in total. The zero-order valence-corrected chi connectivity index (χ0v) is 13.2. The molecule has 0 atom stereocenters. The van der Waals surface area contributed by atoms with E-state index in [2.05, 4.69) is 0 Å². The van der Waals surface area contributed by atoms with Crippen molar-refractivity contribution in [2.45, 2.75) is 4.90 Å². The van der Waals surface area contributed by atoms with Crippen molar-refractivity contribution in [3.8, 4) is 5.75 Å². The van der Waals surface area contributed by atoms with E-state index in [1.165, 1.54) is 48.5 Å². The smallest absolute Gasteiger partial charge is 0.272 e. The molecule has 0 heterocycles. The fourth-order valence-electron chi connectivity index (χ4n) is 1.53. The van der Waals surface area contributed by atoms with Gasteiger partial charge >= 0.3 is 0 Å². The molecular weight excluding hydrogens is 347 g/mol. The quantitative estimate of drug-likeness (QED) is 0.772. The Morgan fingerprint density at radius 2 is 1.87 bits per heavy atom. The lowest BCUT2D eigenvalue weighted by Gasteiger charge is -2.09. The van der Waals surface area contributed by atoms with Crippen LogP contribution in [0.4, 0.5) is 4.39 Å². The molecule has 2 aromatic carbocycles. The topological polar surface area (TPSA) is 84.5 Å². The molecule has 0 bridgehead atoms. The van der Waals surface area contributed by atoms with Crippen LogP contribution in [0.3, 0.4) is 0 Å². The summed E-state index contributed by atoms with van der Waals surface area (Å²) in [5.41, 5.74) is 2.00. The third-order valence-corrected chi connectivity index (χ3v) is 4.10. The molecule has 122 valence electrons. The van der Waals surface area contributed by atoms with Gasteiger partial charge in [-0.2, -0.15) is 0 Å². The van der Waals surface area contributed by atoms with Gasteiger partial charge in [-0.1, -0.05) is 17.7 Å². The van der Waals surface area contributed by atoms with Crippen LogP contribution in [0.5, 0.6) is 5.75 Å². The first-order valence-corrected chi connectivity index (χ1v) is 8.17. The van der Waals surface area contributed by atoms with Gasteiger partial charge in [0.15, 0.2) is 6.61 Å². The fraction of sp³-hybridized carbons (Fsp3) is 0.0714. The number of nitrogens with one attached hydrogen (secondary N) is 2. The first kappa shape index (κ1) is 17.2. The van der Waals surface area contributed by atoms with Crippen molar-refractivity contribution in [3.63, 3.8) is 0 Å². The van der Waals surface area contributed by atoms with Crippen LogP contribution in [-0.2, 0) is 14.8 Å². The lowest BCUT2D eigenvalue weighted by atomic mass is 10.3. The number of hydrazine groups is 1. The molecular formula is C14H12ClFN2O4S. The van der Waals surface area contributed by atoms with E-state index in [-0.39, 0.29) is 15.7 Å². The molecule has 0 aliphatic rings. The van der Waals surface area contributed by atoms with E-state index in [0.717, 1.165) is 0 Å². The molecule has 0 saturated carbocycles. The Morgan fingerprint density at radius 1 is 1.17 bits per heavy atom. The zero-order valence-electron chi connectivity index (χ0n) is 11.6. The number of hydrogen-bond acceptors (Lipinski definition) is 4. The first-order valence-electron chi connectivity index (χ1n) is 6.31. The van der Waals surface area contributed by atoms with E-state index in [1.807, 2.05) is 10.3 Å². The second-order valence-corrected chi connectivity index (χ2v) is 6.47. The van der Waals surface area contributed by atoms with E-state index in [4.69, 9.17) is 16.3 Å². The second-order valence-electron chi connectivity index (χ2n) is 4.35. The van der Waals surface area contributed by atoms with E-state index in [1.54, 1.807) is 0 Å². The number of halogens is 2. The highest BCUT2D eigenvalue weighted by Crippen LogP contribution is 2.14. The van der Waals surface area contributed by atoms with Gasteiger partial charge in [-0.3, -0.25) is 10.2 Å². The van der Waals surface area contributed by atoms with E-state index in [0.29, 0.717) is 0 Å². The van der Waals surface area contributed by atoms with Crippen molar-refractivity contribution in [3.05, 3.63) is 59.4 Å². The first-order chi connectivity index (χ1) is 10.9. The van der Waals surface area contributed by atoms with Gasteiger partial charge in [0.1, 0.15) is 11.6 Å². The summed E-state index contributed by atoms with van der Waals surface area (Å²) in [6, 6.07) is 10.6. The Bertz CT molecular complexity index is 797. The average Bonchev–Trinajstić information content (AvgIpc) is 2.52. The lowest BCUT2D eigenvalue weighted by Crippen LogP contribution is -2.43. The molecule has 2 N–H and O–H groups in total. The number of amides is 1. The number of hydrogen-bond donors (Lipinski definition) is 2. The average molecular weight is 359 g/mol. The summed E-state index contributed by atoms with van der Waals surface area (Å²) in [6.45, 7) is -0.441. The monoisotopic (exact) mass is 358 g/mol. The lowest BCUT2D eigenvalue weighted by molar-refractivity contribution is -0.123. The molecule has 0 fully saturated rings. The summed E-state index contributed by atoms with van der Waals surface area (Å²) >= 11 is 5.72. The largest absolute Gasteiger partial charge is 0.484 e. The summed E-state index contributed by atoms with van der Waals surface area (Å²) in [5.74, 6) is -0.879. The summed E-state index contributed by atoms with van der Waals surface area (Å²) in [7, 11) is -3.94. The van der Waals surface area contributed by atoms with E-state index >= 15 is 0 Å². The molecule has 0 spiro atoms. The van der Waals surface area contributed by atoms with Gasteiger partial charge in [-0.15, -0.1) is 4.83 Å². The Morgan fingerprint density at radius 3 is 2.52 bits per heavy atom. The van der Waals surface area contributed by atoms with Crippen molar-refractivity contribution >= 4 is 27.5 Å². The minimum absolute atomic E-state index is 0.0928. The molecule has 0 radical (unpaired) electrons.